The first-order valence-electron chi connectivity index (χ1n) is 6.40. The number of benzene rings is 1. The van der Waals surface area contributed by atoms with Crippen molar-refractivity contribution in [2.24, 2.45) is 0 Å². The topological polar surface area (TPSA) is 57.5 Å². The number of hydrogen-bond acceptors (Lipinski definition) is 3. The van der Waals surface area contributed by atoms with E-state index in [9.17, 15) is 5.11 Å². The van der Waals surface area contributed by atoms with Crippen molar-refractivity contribution in [1.29, 1.82) is 0 Å². The summed E-state index contributed by atoms with van der Waals surface area (Å²) >= 11 is 1.99. The molecule has 106 valence electrons. The SMILES string of the molecule is CC(=O)O.CC1(C)C[C@@H](O)C[C@@H](c2ccccc2)S1. The monoisotopic (exact) mass is 282 g/mol. The third-order valence-corrected chi connectivity index (χ3v) is 4.40. The zero-order valence-corrected chi connectivity index (χ0v) is 12.5. The first kappa shape index (κ1) is 16.1. The molecule has 1 aliphatic heterocycles. The smallest absolute Gasteiger partial charge is 0.300 e. The van der Waals surface area contributed by atoms with Crippen LogP contribution in [0.5, 0.6) is 0 Å². The van der Waals surface area contributed by atoms with Crippen LogP contribution in [0.1, 0.15) is 44.4 Å². The maximum absolute atomic E-state index is 9.86. The Morgan fingerprint density at radius 1 is 1.32 bits per heavy atom. The lowest BCUT2D eigenvalue weighted by atomic mass is 9.97. The van der Waals surface area contributed by atoms with Gasteiger partial charge in [-0.05, 0) is 18.4 Å². The predicted octanol–water partition coefficient (Wildman–Crippen LogP) is 3.49. The predicted molar refractivity (Wildman–Crippen MR) is 79.4 cm³/mol. The van der Waals surface area contributed by atoms with Gasteiger partial charge in [-0.1, -0.05) is 44.2 Å². The summed E-state index contributed by atoms with van der Waals surface area (Å²) in [4.78, 5) is 9.00. The van der Waals surface area contributed by atoms with E-state index < -0.39 is 5.97 Å². The van der Waals surface area contributed by atoms with Gasteiger partial charge in [0.15, 0.2) is 0 Å². The minimum Gasteiger partial charge on any atom is -0.481 e. The van der Waals surface area contributed by atoms with Crippen LogP contribution in [0.25, 0.3) is 0 Å². The van der Waals surface area contributed by atoms with Crippen molar-refractivity contribution in [3.63, 3.8) is 0 Å². The Kier molecular flexibility index (Phi) is 5.88. The number of thioether (sulfide) groups is 1. The van der Waals surface area contributed by atoms with E-state index in [1.807, 2.05) is 17.8 Å². The number of aliphatic carboxylic acids is 1. The molecule has 2 N–H and O–H groups in total. The van der Waals surface area contributed by atoms with Gasteiger partial charge >= 0.3 is 0 Å². The van der Waals surface area contributed by atoms with Crippen LogP contribution in [0.15, 0.2) is 30.3 Å². The molecule has 19 heavy (non-hydrogen) atoms. The van der Waals surface area contributed by atoms with Crippen molar-refractivity contribution in [1.82, 2.24) is 0 Å². The van der Waals surface area contributed by atoms with E-state index in [1.54, 1.807) is 0 Å². The Balaban J connectivity index is 0.000000399. The number of carboxylic acid groups (broad SMARTS) is 1. The van der Waals surface area contributed by atoms with Crippen molar-refractivity contribution >= 4 is 17.7 Å². The summed E-state index contributed by atoms with van der Waals surface area (Å²) < 4.78 is 0.193. The van der Waals surface area contributed by atoms with Gasteiger partial charge in [0.2, 0.25) is 0 Å². The molecule has 1 heterocycles. The Morgan fingerprint density at radius 3 is 2.32 bits per heavy atom. The van der Waals surface area contributed by atoms with Crippen molar-refractivity contribution in [3.8, 4) is 0 Å². The van der Waals surface area contributed by atoms with E-state index in [0.29, 0.717) is 5.25 Å². The van der Waals surface area contributed by atoms with E-state index in [4.69, 9.17) is 9.90 Å². The van der Waals surface area contributed by atoms with Gasteiger partial charge in [-0.15, -0.1) is 11.8 Å². The lowest BCUT2D eigenvalue weighted by Crippen LogP contribution is -2.31. The maximum atomic E-state index is 9.86. The van der Waals surface area contributed by atoms with E-state index >= 15 is 0 Å². The highest BCUT2D eigenvalue weighted by molar-refractivity contribution is 8.00. The summed E-state index contributed by atoms with van der Waals surface area (Å²) in [5.74, 6) is -0.833. The van der Waals surface area contributed by atoms with Crippen LogP contribution >= 0.6 is 11.8 Å². The van der Waals surface area contributed by atoms with Crippen LogP contribution in [0.2, 0.25) is 0 Å². The molecule has 1 aromatic rings. The quantitative estimate of drug-likeness (QED) is 0.828. The second kappa shape index (κ2) is 6.96. The number of aliphatic hydroxyl groups excluding tert-OH is 1. The Bertz CT molecular complexity index is 399. The van der Waals surface area contributed by atoms with Gasteiger partial charge in [-0.25, -0.2) is 0 Å². The number of carboxylic acids is 1. The van der Waals surface area contributed by atoms with Crippen LogP contribution in [0.3, 0.4) is 0 Å². The molecule has 1 fully saturated rings. The Hall–Kier alpha value is -1.00. The van der Waals surface area contributed by atoms with Gasteiger partial charge in [-0.2, -0.15) is 0 Å². The van der Waals surface area contributed by atoms with Crippen LogP contribution in [-0.2, 0) is 4.79 Å². The van der Waals surface area contributed by atoms with Crippen molar-refractivity contribution in [2.75, 3.05) is 0 Å². The Labute approximate surface area is 119 Å². The van der Waals surface area contributed by atoms with Gasteiger partial charge < -0.3 is 10.2 Å². The number of rotatable bonds is 1. The molecule has 1 aliphatic rings. The molecule has 0 aromatic heterocycles. The largest absolute Gasteiger partial charge is 0.481 e. The lowest BCUT2D eigenvalue weighted by molar-refractivity contribution is -0.134. The fourth-order valence-corrected chi connectivity index (χ4v) is 3.92. The Morgan fingerprint density at radius 2 is 1.84 bits per heavy atom. The molecular weight excluding hydrogens is 260 g/mol. The summed E-state index contributed by atoms with van der Waals surface area (Å²) in [5.41, 5.74) is 1.34. The van der Waals surface area contributed by atoms with Crippen LogP contribution < -0.4 is 0 Å². The third-order valence-electron chi connectivity index (χ3n) is 2.85. The van der Waals surface area contributed by atoms with Gasteiger partial charge in [0.1, 0.15) is 0 Å². The van der Waals surface area contributed by atoms with Crippen molar-refractivity contribution in [3.05, 3.63) is 35.9 Å². The molecule has 0 saturated carbocycles. The number of carbonyl (C=O) groups is 1. The highest BCUT2D eigenvalue weighted by atomic mass is 32.2. The molecule has 0 radical (unpaired) electrons. The molecule has 3 nitrogen and oxygen atoms in total. The molecule has 0 bridgehead atoms. The molecule has 0 aliphatic carbocycles. The van der Waals surface area contributed by atoms with E-state index in [2.05, 4.69) is 38.1 Å². The summed E-state index contributed by atoms with van der Waals surface area (Å²) in [6.07, 6.45) is 1.64. The minimum atomic E-state index is -0.833. The number of aliphatic hydroxyl groups is 1. The summed E-state index contributed by atoms with van der Waals surface area (Å²) in [6.45, 7) is 5.52. The van der Waals surface area contributed by atoms with Gasteiger partial charge in [0, 0.05) is 16.9 Å². The minimum absolute atomic E-state index is 0.147. The molecule has 1 aromatic carbocycles. The average Bonchev–Trinajstić information content (AvgIpc) is 2.26. The van der Waals surface area contributed by atoms with E-state index in [-0.39, 0.29) is 10.9 Å². The first-order valence-corrected chi connectivity index (χ1v) is 7.28. The van der Waals surface area contributed by atoms with E-state index in [0.717, 1.165) is 19.8 Å². The van der Waals surface area contributed by atoms with Crippen LogP contribution in [0.4, 0.5) is 0 Å². The molecule has 2 atom stereocenters. The first-order chi connectivity index (χ1) is 8.80. The van der Waals surface area contributed by atoms with Gasteiger partial charge in [-0.3, -0.25) is 4.79 Å². The fourth-order valence-electron chi connectivity index (χ4n) is 2.25. The van der Waals surface area contributed by atoms with Crippen LogP contribution in [0, 0.1) is 0 Å². The van der Waals surface area contributed by atoms with Crippen molar-refractivity contribution in [2.45, 2.75) is 49.7 Å². The average molecular weight is 282 g/mol. The molecule has 0 unspecified atom stereocenters. The molecule has 2 rings (SSSR count). The zero-order valence-electron chi connectivity index (χ0n) is 11.7. The second-order valence-electron chi connectivity index (χ2n) is 5.39. The third kappa shape index (κ3) is 6.12. The molecule has 4 heteroatoms. The fraction of sp³-hybridized carbons (Fsp3) is 0.533. The second-order valence-corrected chi connectivity index (χ2v) is 7.30. The normalized spacial score (nSPS) is 25.1. The van der Waals surface area contributed by atoms with E-state index in [1.165, 1.54) is 5.56 Å². The van der Waals surface area contributed by atoms with Gasteiger partial charge in [0.05, 0.1) is 6.10 Å². The highest BCUT2D eigenvalue weighted by Gasteiger charge is 2.34. The van der Waals surface area contributed by atoms with Crippen molar-refractivity contribution < 1.29 is 15.0 Å². The standard InChI is InChI=1S/C13H18OS.C2H4O2/c1-13(2)9-11(14)8-12(15-13)10-6-4-3-5-7-10;1-2(3)4/h3-7,11-12,14H,8-9H2,1-2H3;1H3,(H,3,4)/t11-,12-;/m0./s1. The lowest BCUT2D eigenvalue weighted by Gasteiger charge is -2.37. The van der Waals surface area contributed by atoms with Crippen LogP contribution in [-0.4, -0.2) is 27.0 Å². The zero-order chi connectivity index (χ0) is 14.5. The maximum Gasteiger partial charge on any atom is 0.300 e. The molecule has 0 spiro atoms. The molecule has 0 amide bonds. The summed E-state index contributed by atoms with van der Waals surface area (Å²) in [7, 11) is 0. The summed E-state index contributed by atoms with van der Waals surface area (Å²) in [5, 5.41) is 17.7. The van der Waals surface area contributed by atoms with Gasteiger partial charge in [0.25, 0.3) is 5.97 Å². The number of hydrogen-bond donors (Lipinski definition) is 2. The molecular formula is C15H22O3S. The summed E-state index contributed by atoms with van der Waals surface area (Å²) in [6, 6.07) is 10.5. The molecule has 1 saturated heterocycles. The highest BCUT2D eigenvalue weighted by Crippen LogP contribution is 2.48.